The van der Waals surface area contributed by atoms with Crippen molar-refractivity contribution < 1.29 is 4.79 Å². The van der Waals surface area contributed by atoms with Crippen LogP contribution in [0, 0.1) is 0 Å². The van der Waals surface area contributed by atoms with Crippen molar-refractivity contribution >= 4 is 64.4 Å². The number of aromatic nitrogens is 3. The molecule has 33 heavy (non-hydrogen) atoms. The Kier molecular flexibility index (Phi) is 8.81. The van der Waals surface area contributed by atoms with E-state index in [-0.39, 0.29) is 17.6 Å². The number of carbonyl (C=O) groups excluding carboxylic acids is 1. The van der Waals surface area contributed by atoms with Gasteiger partial charge >= 0.3 is 0 Å². The lowest BCUT2D eigenvalue weighted by molar-refractivity contribution is -0.113. The van der Waals surface area contributed by atoms with Crippen LogP contribution in [0.25, 0.3) is 0 Å². The molecule has 0 saturated carbocycles. The van der Waals surface area contributed by atoms with Gasteiger partial charge in [-0.2, -0.15) is 5.10 Å². The normalized spacial score (nSPS) is 11.0. The number of thioether (sulfide) groups is 1. The van der Waals surface area contributed by atoms with E-state index in [0.29, 0.717) is 20.9 Å². The summed E-state index contributed by atoms with van der Waals surface area (Å²) in [6.07, 6.45) is 1.66. The summed E-state index contributed by atoms with van der Waals surface area (Å²) in [6.45, 7) is 6.15. The van der Waals surface area contributed by atoms with Crippen molar-refractivity contribution in [1.29, 1.82) is 0 Å². The standard InChI is InChI=1S/C21H24Cl2N8OS/c1-3-30(4-2)16-8-5-14(6-9-16)12-25-27-20-28-29-21(31(20)24)33-13-19(32)26-18-11-15(22)7-10-17(18)23/h5-12H,3-4,13,24H2,1-2H3,(H,26,32)(H,27,28)/b25-12+. The van der Waals surface area contributed by atoms with Crippen LogP contribution in [0.4, 0.5) is 17.3 Å². The molecular weight excluding hydrogens is 483 g/mol. The van der Waals surface area contributed by atoms with Crippen LogP contribution < -0.4 is 21.5 Å². The van der Waals surface area contributed by atoms with Crippen LogP contribution in [-0.4, -0.2) is 45.8 Å². The second-order valence-corrected chi connectivity index (χ2v) is 8.56. The van der Waals surface area contributed by atoms with E-state index in [2.05, 4.69) is 56.9 Å². The molecule has 2 aromatic carbocycles. The van der Waals surface area contributed by atoms with Crippen molar-refractivity contribution in [3.8, 4) is 0 Å². The van der Waals surface area contributed by atoms with E-state index >= 15 is 0 Å². The monoisotopic (exact) mass is 506 g/mol. The number of rotatable bonds is 10. The molecule has 1 heterocycles. The molecule has 12 heteroatoms. The van der Waals surface area contributed by atoms with Crippen LogP contribution >= 0.6 is 35.0 Å². The molecule has 1 aromatic heterocycles. The van der Waals surface area contributed by atoms with Crippen molar-refractivity contribution in [3.05, 3.63) is 58.1 Å². The average molecular weight is 507 g/mol. The van der Waals surface area contributed by atoms with Gasteiger partial charge < -0.3 is 16.1 Å². The molecule has 0 aliphatic heterocycles. The van der Waals surface area contributed by atoms with Gasteiger partial charge in [0.15, 0.2) is 0 Å². The third kappa shape index (κ3) is 6.77. The zero-order valence-corrected chi connectivity index (χ0v) is 20.5. The predicted molar refractivity (Wildman–Crippen MR) is 137 cm³/mol. The number of nitrogens with one attached hydrogen (secondary N) is 2. The molecule has 0 atom stereocenters. The first-order valence-electron chi connectivity index (χ1n) is 10.1. The van der Waals surface area contributed by atoms with Gasteiger partial charge in [-0.3, -0.25) is 4.79 Å². The highest BCUT2D eigenvalue weighted by molar-refractivity contribution is 7.99. The van der Waals surface area contributed by atoms with Crippen LogP contribution in [-0.2, 0) is 4.79 Å². The fourth-order valence-corrected chi connectivity index (χ4v) is 3.88. The number of amides is 1. The Labute approximate surface area is 206 Å². The molecule has 3 aromatic rings. The van der Waals surface area contributed by atoms with Crippen LogP contribution in [0.2, 0.25) is 10.0 Å². The Morgan fingerprint density at radius 2 is 1.91 bits per heavy atom. The number of hydrogen-bond acceptors (Lipinski definition) is 8. The Hall–Kier alpha value is -2.95. The summed E-state index contributed by atoms with van der Waals surface area (Å²) in [7, 11) is 0. The zero-order valence-electron chi connectivity index (χ0n) is 18.1. The van der Waals surface area contributed by atoms with Gasteiger partial charge in [-0.1, -0.05) is 47.1 Å². The topological polar surface area (TPSA) is 113 Å². The summed E-state index contributed by atoms with van der Waals surface area (Å²) in [5, 5.41) is 16.0. The second kappa shape index (κ2) is 11.8. The second-order valence-electron chi connectivity index (χ2n) is 6.77. The van der Waals surface area contributed by atoms with E-state index < -0.39 is 0 Å². The van der Waals surface area contributed by atoms with E-state index in [9.17, 15) is 4.79 Å². The molecule has 0 radical (unpaired) electrons. The number of carbonyl (C=O) groups is 1. The van der Waals surface area contributed by atoms with Gasteiger partial charge in [-0.05, 0) is 49.7 Å². The minimum atomic E-state index is -0.284. The lowest BCUT2D eigenvalue weighted by Gasteiger charge is -2.20. The highest BCUT2D eigenvalue weighted by Crippen LogP contribution is 2.26. The van der Waals surface area contributed by atoms with Gasteiger partial charge in [0.05, 0.1) is 22.7 Å². The SMILES string of the molecule is CCN(CC)c1ccc(/C=N/Nc2nnc(SCC(=O)Nc3cc(Cl)ccc3Cl)n2N)cc1. The van der Waals surface area contributed by atoms with Crippen molar-refractivity contribution in [1.82, 2.24) is 14.9 Å². The lowest BCUT2D eigenvalue weighted by Crippen LogP contribution is -2.21. The largest absolute Gasteiger partial charge is 0.372 e. The molecule has 0 aliphatic carbocycles. The van der Waals surface area contributed by atoms with Gasteiger partial charge in [0.25, 0.3) is 5.95 Å². The quantitative estimate of drug-likeness (QED) is 0.162. The van der Waals surface area contributed by atoms with Crippen LogP contribution in [0.3, 0.4) is 0 Å². The number of halogens is 2. The summed E-state index contributed by atoms with van der Waals surface area (Å²) in [6, 6.07) is 12.9. The summed E-state index contributed by atoms with van der Waals surface area (Å²) < 4.78 is 1.23. The molecule has 0 spiro atoms. The Morgan fingerprint density at radius 1 is 1.18 bits per heavy atom. The number of benzene rings is 2. The molecule has 0 bridgehead atoms. The van der Waals surface area contributed by atoms with Crippen molar-refractivity contribution in [2.75, 3.05) is 40.3 Å². The molecule has 4 N–H and O–H groups in total. The van der Waals surface area contributed by atoms with Crippen LogP contribution in [0.1, 0.15) is 19.4 Å². The van der Waals surface area contributed by atoms with Crippen molar-refractivity contribution in [2.45, 2.75) is 19.0 Å². The number of hydrazone groups is 1. The lowest BCUT2D eigenvalue weighted by atomic mass is 10.2. The first-order chi connectivity index (χ1) is 15.9. The maximum absolute atomic E-state index is 12.2. The highest BCUT2D eigenvalue weighted by Gasteiger charge is 2.13. The molecule has 3 rings (SSSR count). The Balaban J connectivity index is 1.53. The van der Waals surface area contributed by atoms with Gasteiger partial charge in [-0.25, -0.2) is 10.1 Å². The first kappa shape index (κ1) is 24.7. The zero-order chi connectivity index (χ0) is 23.8. The Morgan fingerprint density at radius 3 is 2.61 bits per heavy atom. The third-order valence-corrected chi connectivity index (χ3v) is 6.11. The van der Waals surface area contributed by atoms with E-state index in [1.807, 2.05) is 12.1 Å². The predicted octanol–water partition coefficient (Wildman–Crippen LogP) is 4.32. The summed E-state index contributed by atoms with van der Waals surface area (Å²) in [5.41, 5.74) is 5.28. The maximum atomic E-state index is 12.2. The smallest absolute Gasteiger partial charge is 0.264 e. The van der Waals surface area contributed by atoms with Gasteiger partial charge in [0.2, 0.25) is 11.1 Å². The first-order valence-corrected chi connectivity index (χ1v) is 11.9. The molecule has 1 amide bonds. The molecule has 0 unspecified atom stereocenters. The van der Waals surface area contributed by atoms with Gasteiger partial charge in [0, 0.05) is 23.8 Å². The highest BCUT2D eigenvalue weighted by atomic mass is 35.5. The molecule has 174 valence electrons. The van der Waals surface area contributed by atoms with E-state index in [1.54, 1.807) is 24.4 Å². The maximum Gasteiger partial charge on any atom is 0.264 e. The van der Waals surface area contributed by atoms with Crippen molar-refractivity contribution in [2.24, 2.45) is 5.10 Å². The van der Waals surface area contributed by atoms with Crippen LogP contribution in [0.5, 0.6) is 0 Å². The molecule has 0 aliphatic rings. The van der Waals surface area contributed by atoms with E-state index in [4.69, 9.17) is 29.0 Å². The van der Waals surface area contributed by atoms with E-state index in [0.717, 1.165) is 36.1 Å². The van der Waals surface area contributed by atoms with Crippen molar-refractivity contribution in [3.63, 3.8) is 0 Å². The van der Waals surface area contributed by atoms with E-state index in [1.165, 1.54) is 4.68 Å². The number of nitrogens with two attached hydrogens (primary N) is 1. The molecular formula is C21H24Cl2N8OS. The minimum absolute atomic E-state index is 0.0559. The summed E-state index contributed by atoms with van der Waals surface area (Å²) >= 11 is 13.1. The average Bonchev–Trinajstić information content (AvgIpc) is 3.16. The molecule has 0 fully saturated rings. The third-order valence-electron chi connectivity index (χ3n) is 4.60. The van der Waals surface area contributed by atoms with Gasteiger partial charge in [0.1, 0.15) is 0 Å². The molecule has 9 nitrogen and oxygen atoms in total. The Bertz CT molecular complexity index is 1120. The van der Waals surface area contributed by atoms with Gasteiger partial charge in [-0.15, -0.1) is 10.2 Å². The minimum Gasteiger partial charge on any atom is -0.372 e. The molecule has 0 saturated heterocycles. The number of nitrogens with zero attached hydrogens (tertiary/aromatic N) is 5. The number of anilines is 3. The van der Waals surface area contributed by atoms with Crippen LogP contribution in [0.15, 0.2) is 52.7 Å². The summed E-state index contributed by atoms with van der Waals surface area (Å²) in [4.78, 5) is 14.5. The number of hydrogen-bond donors (Lipinski definition) is 3. The fraction of sp³-hybridized carbons (Fsp3) is 0.238. The number of nitrogen functional groups attached to an aromatic ring is 1. The summed E-state index contributed by atoms with van der Waals surface area (Å²) in [5.74, 6) is 6.02. The fourth-order valence-electron chi connectivity index (χ4n) is 2.89.